The second-order valence-corrected chi connectivity index (χ2v) is 7.14. The van der Waals surface area contributed by atoms with Gasteiger partial charge in [-0.25, -0.2) is 4.98 Å². The molecule has 8 nitrogen and oxygen atoms in total. The maximum atomic E-state index is 5.24. The lowest BCUT2D eigenvalue weighted by Crippen LogP contribution is -2.47. The number of nitrogens with one attached hydrogen (secondary N) is 2. The van der Waals surface area contributed by atoms with Gasteiger partial charge in [-0.15, -0.1) is 0 Å². The molecule has 2 N–H and O–H groups in total. The quantitative estimate of drug-likeness (QED) is 0.530. The largest absolute Gasteiger partial charge is 0.497 e. The van der Waals surface area contributed by atoms with Gasteiger partial charge in [-0.3, -0.25) is 0 Å². The number of hydrogen-bond acceptors (Lipinski definition) is 7. The highest BCUT2D eigenvalue weighted by molar-refractivity contribution is 5.86. The van der Waals surface area contributed by atoms with E-state index in [1.54, 1.807) is 13.4 Å². The number of aromatic amines is 1. The highest BCUT2D eigenvalue weighted by atomic mass is 16.5. The number of nitrogens with zero attached hydrogens (tertiary/aromatic N) is 5. The fourth-order valence-corrected chi connectivity index (χ4v) is 3.67. The number of ether oxygens (including phenoxy) is 1. The molecule has 4 aromatic rings. The second-order valence-electron chi connectivity index (χ2n) is 7.14. The molecule has 0 radical (unpaired) electrons. The van der Waals surface area contributed by atoms with E-state index in [0.717, 1.165) is 43.1 Å². The standard InChI is InChI=1S/C22H23N7O/c1-30-18-9-7-16(8-10-18)25-21-19-20(24-15-23-19)26-22(27-21)29-13-11-28(12-14-29)17-5-3-2-4-6-17/h2-10,15H,11-14H2,1H3,(H2,23,24,25,26,27). The minimum absolute atomic E-state index is 0.654. The van der Waals surface area contributed by atoms with Gasteiger partial charge in [-0.05, 0) is 36.4 Å². The molecule has 0 aliphatic carbocycles. The summed E-state index contributed by atoms with van der Waals surface area (Å²) in [7, 11) is 1.66. The summed E-state index contributed by atoms with van der Waals surface area (Å²) in [5.41, 5.74) is 3.62. The molecule has 0 amide bonds. The number of H-pyrrole nitrogens is 1. The van der Waals surface area contributed by atoms with Crippen LogP contribution in [0.5, 0.6) is 5.75 Å². The molecule has 0 atom stereocenters. The smallest absolute Gasteiger partial charge is 0.229 e. The minimum Gasteiger partial charge on any atom is -0.497 e. The fraction of sp³-hybridized carbons (Fsp3) is 0.227. The van der Waals surface area contributed by atoms with Gasteiger partial charge in [0.1, 0.15) is 11.3 Å². The van der Waals surface area contributed by atoms with E-state index >= 15 is 0 Å². The summed E-state index contributed by atoms with van der Waals surface area (Å²) < 4.78 is 5.24. The van der Waals surface area contributed by atoms with Crippen LogP contribution in [0.1, 0.15) is 0 Å². The summed E-state index contributed by atoms with van der Waals surface area (Å²) in [5.74, 6) is 2.22. The first-order valence-corrected chi connectivity index (χ1v) is 9.97. The van der Waals surface area contributed by atoms with Crippen molar-refractivity contribution in [1.29, 1.82) is 0 Å². The average molecular weight is 401 g/mol. The second kappa shape index (κ2) is 7.90. The van der Waals surface area contributed by atoms with Gasteiger partial charge in [0.25, 0.3) is 0 Å². The first kappa shape index (κ1) is 18.2. The van der Waals surface area contributed by atoms with Crippen molar-refractivity contribution in [1.82, 2.24) is 19.9 Å². The molecule has 1 aliphatic rings. The van der Waals surface area contributed by atoms with Gasteiger partial charge in [0, 0.05) is 37.6 Å². The van der Waals surface area contributed by atoms with Crippen molar-refractivity contribution in [3.8, 4) is 5.75 Å². The number of benzene rings is 2. The van der Waals surface area contributed by atoms with Crippen LogP contribution in [0.4, 0.5) is 23.1 Å². The number of aromatic nitrogens is 4. The van der Waals surface area contributed by atoms with Crippen LogP contribution in [0.3, 0.4) is 0 Å². The molecule has 1 saturated heterocycles. The monoisotopic (exact) mass is 401 g/mol. The molecule has 30 heavy (non-hydrogen) atoms. The summed E-state index contributed by atoms with van der Waals surface area (Å²) in [6, 6.07) is 18.3. The van der Waals surface area contributed by atoms with E-state index < -0.39 is 0 Å². The first-order valence-electron chi connectivity index (χ1n) is 9.97. The Morgan fingerprint density at radius 2 is 1.63 bits per heavy atom. The van der Waals surface area contributed by atoms with Crippen molar-refractivity contribution in [3.63, 3.8) is 0 Å². The van der Waals surface area contributed by atoms with Gasteiger partial charge < -0.3 is 24.8 Å². The highest BCUT2D eigenvalue weighted by Crippen LogP contribution is 2.26. The maximum absolute atomic E-state index is 5.24. The summed E-state index contributed by atoms with van der Waals surface area (Å²) in [4.78, 5) is 21.6. The number of para-hydroxylation sites is 1. The van der Waals surface area contributed by atoms with Crippen molar-refractivity contribution in [2.75, 3.05) is 48.4 Å². The van der Waals surface area contributed by atoms with Crippen molar-refractivity contribution in [2.45, 2.75) is 0 Å². The summed E-state index contributed by atoms with van der Waals surface area (Å²) >= 11 is 0. The topological polar surface area (TPSA) is 82.2 Å². The Hall–Kier alpha value is -3.81. The van der Waals surface area contributed by atoms with Crippen LogP contribution in [0.25, 0.3) is 11.2 Å². The number of anilines is 4. The third-order valence-electron chi connectivity index (χ3n) is 5.31. The number of methoxy groups -OCH3 is 1. The molecule has 1 fully saturated rings. The molecule has 0 saturated carbocycles. The maximum Gasteiger partial charge on any atom is 0.229 e. The molecule has 0 unspecified atom stereocenters. The Morgan fingerprint density at radius 3 is 2.37 bits per heavy atom. The zero-order chi connectivity index (χ0) is 20.3. The Labute approximate surface area is 174 Å². The molecule has 1 aliphatic heterocycles. The van der Waals surface area contributed by atoms with Crippen LogP contribution in [0, 0.1) is 0 Å². The van der Waals surface area contributed by atoms with E-state index in [0.29, 0.717) is 17.4 Å². The molecule has 2 aromatic carbocycles. The number of imidazole rings is 1. The van der Waals surface area contributed by atoms with E-state index in [1.165, 1.54) is 5.69 Å². The molecule has 3 heterocycles. The number of fused-ring (bicyclic) bond motifs is 1. The average Bonchev–Trinajstić information content (AvgIpc) is 3.29. The molecule has 152 valence electrons. The molecular weight excluding hydrogens is 378 g/mol. The lowest BCUT2D eigenvalue weighted by Gasteiger charge is -2.36. The number of hydrogen-bond donors (Lipinski definition) is 2. The van der Waals surface area contributed by atoms with Crippen LogP contribution in [0.15, 0.2) is 60.9 Å². The van der Waals surface area contributed by atoms with Crippen LogP contribution in [0.2, 0.25) is 0 Å². The third-order valence-corrected chi connectivity index (χ3v) is 5.31. The normalized spacial score (nSPS) is 14.2. The molecule has 2 aromatic heterocycles. The zero-order valence-electron chi connectivity index (χ0n) is 16.7. The van der Waals surface area contributed by atoms with E-state index in [4.69, 9.17) is 9.72 Å². The van der Waals surface area contributed by atoms with Crippen molar-refractivity contribution in [2.24, 2.45) is 0 Å². The van der Waals surface area contributed by atoms with Gasteiger partial charge in [-0.1, -0.05) is 18.2 Å². The molecule has 5 rings (SSSR count). The third kappa shape index (κ3) is 3.59. The van der Waals surface area contributed by atoms with Crippen LogP contribution in [-0.2, 0) is 0 Å². The van der Waals surface area contributed by atoms with Crippen LogP contribution in [-0.4, -0.2) is 53.2 Å². The molecule has 0 bridgehead atoms. The predicted molar refractivity (Wildman–Crippen MR) is 119 cm³/mol. The minimum atomic E-state index is 0.654. The van der Waals surface area contributed by atoms with Crippen LogP contribution < -0.4 is 19.9 Å². The summed E-state index contributed by atoms with van der Waals surface area (Å²) in [6.45, 7) is 3.56. The van der Waals surface area contributed by atoms with Gasteiger partial charge in [0.05, 0.1) is 13.4 Å². The Kier molecular flexibility index (Phi) is 4.80. The van der Waals surface area contributed by atoms with Gasteiger partial charge in [-0.2, -0.15) is 9.97 Å². The van der Waals surface area contributed by atoms with E-state index in [9.17, 15) is 0 Å². The summed E-state index contributed by atoms with van der Waals surface area (Å²) in [5, 5.41) is 3.38. The Morgan fingerprint density at radius 1 is 0.900 bits per heavy atom. The summed E-state index contributed by atoms with van der Waals surface area (Å²) in [6.07, 6.45) is 1.65. The van der Waals surface area contributed by atoms with E-state index in [1.807, 2.05) is 30.3 Å². The Balaban J connectivity index is 1.37. The predicted octanol–water partition coefficient (Wildman–Crippen LogP) is 3.43. The molecule has 8 heteroatoms. The molecule has 0 spiro atoms. The highest BCUT2D eigenvalue weighted by Gasteiger charge is 2.21. The van der Waals surface area contributed by atoms with Gasteiger partial charge >= 0.3 is 0 Å². The molecular formula is C22H23N7O. The first-order chi connectivity index (χ1) is 14.8. The van der Waals surface area contributed by atoms with Gasteiger partial charge in [0.2, 0.25) is 5.95 Å². The van der Waals surface area contributed by atoms with E-state index in [2.05, 4.69) is 54.3 Å². The van der Waals surface area contributed by atoms with Crippen molar-refractivity contribution in [3.05, 3.63) is 60.9 Å². The van der Waals surface area contributed by atoms with Crippen LogP contribution >= 0.6 is 0 Å². The van der Waals surface area contributed by atoms with Gasteiger partial charge in [0.15, 0.2) is 11.5 Å². The number of piperazine rings is 1. The fourth-order valence-electron chi connectivity index (χ4n) is 3.67. The lowest BCUT2D eigenvalue weighted by atomic mass is 10.2. The number of rotatable bonds is 5. The lowest BCUT2D eigenvalue weighted by molar-refractivity contribution is 0.415. The Bertz CT molecular complexity index is 1120. The van der Waals surface area contributed by atoms with Crippen molar-refractivity contribution >= 4 is 34.3 Å². The van der Waals surface area contributed by atoms with E-state index in [-0.39, 0.29) is 0 Å². The SMILES string of the molecule is COc1ccc(Nc2nc(N3CCN(c4ccccc4)CC3)nc3nc[nH]c23)cc1. The van der Waals surface area contributed by atoms with Crippen molar-refractivity contribution < 1.29 is 4.74 Å². The zero-order valence-corrected chi connectivity index (χ0v) is 16.7.